The Labute approximate surface area is 105 Å². The van der Waals surface area contributed by atoms with Gasteiger partial charge in [-0.2, -0.15) is 0 Å². The van der Waals surface area contributed by atoms with Crippen LogP contribution in [0.5, 0.6) is 0 Å². The van der Waals surface area contributed by atoms with Gasteiger partial charge in [-0.05, 0) is 18.1 Å². The summed E-state index contributed by atoms with van der Waals surface area (Å²) in [5.74, 6) is -0.229. The number of methoxy groups -OCH3 is 1. The van der Waals surface area contributed by atoms with Gasteiger partial charge >= 0.3 is 0 Å². The highest BCUT2D eigenvalue weighted by molar-refractivity contribution is 6.29. The molecular formula is C12H14ClNO3. The third-order valence-electron chi connectivity index (χ3n) is 3.15. The van der Waals surface area contributed by atoms with Crippen molar-refractivity contribution >= 4 is 17.4 Å². The predicted octanol–water partition coefficient (Wildman–Crippen LogP) is 1.56. The summed E-state index contributed by atoms with van der Waals surface area (Å²) in [6, 6.07) is 3.43. The Morgan fingerprint density at radius 3 is 2.88 bits per heavy atom. The van der Waals surface area contributed by atoms with Crippen LogP contribution >= 0.6 is 11.6 Å². The Morgan fingerprint density at radius 2 is 2.29 bits per heavy atom. The van der Waals surface area contributed by atoms with Crippen molar-refractivity contribution in [3.63, 3.8) is 0 Å². The van der Waals surface area contributed by atoms with Gasteiger partial charge in [-0.1, -0.05) is 17.7 Å². The summed E-state index contributed by atoms with van der Waals surface area (Å²) in [7, 11) is 1.51. The molecule has 4 nitrogen and oxygen atoms in total. The van der Waals surface area contributed by atoms with Crippen LogP contribution in [0.2, 0.25) is 5.15 Å². The molecule has 1 saturated carbocycles. The molecule has 17 heavy (non-hydrogen) atoms. The number of rotatable bonds is 2. The predicted molar refractivity (Wildman–Crippen MR) is 63.0 cm³/mol. The second-order valence-electron chi connectivity index (χ2n) is 4.21. The second kappa shape index (κ2) is 5.12. The van der Waals surface area contributed by atoms with Crippen molar-refractivity contribution in [2.75, 3.05) is 7.11 Å². The van der Waals surface area contributed by atoms with Gasteiger partial charge in [-0.15, -0.1) is 0 Å². The number of ketones is 1. The molecule has 0 spiro atoms. The molecule has 0 unspecified atom stereocenters. The average Bonchev–Trinajstić information content (AvgIpc) is 2.33. The smallest absolute Gasteiger partial charge is 0.143 e. The van der Waals surface area contributed by atoms with E-state index in [9.17, 15) is 9.90 Å². The number of aromatic nitrogens is 1. The van der Waals surface area contributed by atoms with E-state index in [4.69, 9.17) is 16.3 Å². The van der Waals surface area contributed by atoms with Gasteiger partial charge in [0, 0.05) is 25.6 Å². The Morgan fingerprint density at radius 1 is 1.53 bits per heavy atom. The van der Waals surface area contributed by atoms with E-state index in [1.807, 2.05) is 0 Å². The van der Waals surface area contributed by atoms with Crippen molar-refractivity contribution in [2.45, 2.75) is 31.0 Å². The van der Waals surface area contributed by atoms with E-state index in [0.717, 1.165) is 5.56 Å². The first kappa shape index (κ1) is 12.5. The third-order valence-corrected chi connectivity index (χ3v) is 3.38. The Balaban J connectivity index is 2.17. The van der Waals surface area contributed by atoms with Crippen molar-refractivity contribution in [1.82, 2.24) is 4.98 Å². The molecule has 0 bridgehead atoms. The lowest BCUT2D eigenvalue weighted by atomic mass is 9.80. The van der Waals surface area contributed by atoms with E-state index >= 15 is 0 Å². The first-order valence-electron chi connectivity index (χ1n) is 5.47. The highest BCUT2D eigenvalue weighted by atomic mass is 35.5. The number of Topliss-reactive ketones (excluding diaryl/α,β-unsaturated/α-hetero) is 1. The fourth-order valence-electron chi connectivity index (χ4n) is 2.16. The van der Waals surface area contributed by atoms with Crippen molar-refractivity contribution in [3.8, 4) is 0 Å². The number of aliphatic hydroxyl groups is 1. The molecule has 2 rings (SSSR count). The summed E-state index contributed by atoms with van der Waals surface area (Å²) in [6.45, 7) is 0. The molecule has 1 N–H and O–H groups in total. The SMILES string of the molecule is CO[C@@H]1CC(=O)[C@H](c2ccc(Cl)nc2)C[C@H]1O. The maximum atomic E-state index is 11.9. The molecule has 1 aliphatic carbocycles. The summed E-state index contributed by atoms with van der Waals surface area (Å²) in [5.41, 5.74) is 0.799. The Kier molecular flexibility index (Phi) is 3.76. The van der Waals surface area contributed by atoms with Crippen molar-refractivity contribution in [1.29, 1.82) is 0 Å². The van der Waals surface area contributed by atoms with Crippen LogP contribution in [0.3, 0.4) is 0 Å². The van der Waals surface area contributed by atoms with Gasteiger partial charge in [0.25, 0.3) is 0 Å². The largest absolute Gasteiger partial charge is 0.390 e. The summed E-state index contributed by atoms with van der Waals surface area (Å²) < 4.78 is 5.07. The zero-order chi connectivity index (χ0) is 12.4. The van der Waals surface area contributed by atoms with Gasteiger partial charge in [0.05, 0.1) is 12.2 Å². The molecule has 0 aromatic carbocycles. The topological polar surface area (TPSA) is 59.4 Å². The lowest BCUT2D eigenvalue weighted by Gasteiger charge is -2.31. The van der Waals surface area contributed by atoms with Crippen LogP contribution in [0.1, 0.15) is 24.3 Å². The third kappa shape index (κ3) is 2.65. The quantitative estimate of drug-likeness (QED) is 0.815. The van der Waals surface area contributed by atoms with Crippen molar-refractivity contribution < 1.29 is 14.6 Å². The van der Waals surface area contributed by atoms with E-state index in [0.29, 0.717) is 11.6 Å². The van der Waals surface area contributed by atoms with E-state index < -0.39 is 6.10 Å². The molecule has 0 aliphatic heterocycles. The molecule has 1 fully saturated rings. The minimum atomic E-state index is -0.613. The van der Waals surface area contributed by atoms with Crippen LogP contribution in [0.4, 0.5) is 0 Å². The second-order valence-corrected chi connectivity index (χ2v) is 4.60. The van der Waals surface area contributed by atoms with Crippen LogP contribution in [0.15, 0.2) is 18.3 Å². The lowest BCUT2D eigenvalue weighted by Crippen LogP contribution is -2.39. The average molecular weight is 256 g/mol. The molecule has 1 aromatic rings. The van der Waals surface area contributed by atoms with Crippen LogP contribution in [0.25, 0.3) is 0 Å². The van der Waals surface area contributed by atoms with Gasteiger partial charge in [0.2, 0.25) is 0 Å². The summed E-state index contributed by atoms with van der Waals surface area (Å²) in [4.78, 5) is 15.9. The molecule has 3 atom stereocenters. The molecule has 92 valence electrons. The normalized spacial score (nSPS) is 29.4. The highest BCUT2D eigenvalue weighted by Gasteiger charge is 2.35. The summed E-state index contributed by atoms with van der Waals surface area (Å²) in [6.07, 6.45) is 1.20. The minimum Gasteiger partial charge on any atom is -0.390 e. The van der Waals surface area contributed by atoms with Crippen LogP contribution in [-0.2, 0) is 9.53 Å². The van der Waals surface area contributed by atoms with E-state index in [1.165, 1.54) is 7.11 Å². The molecule has 0 amide bonds. The number of halogens is 1. The fourth-order valence-corrected chi connectivity index (χ4v) is 2.27. The van der Waals surface area contributed by atoms with Gasteiger partial charge in [0.15, 0.2) is 0 Å². The number of hydrogen-bond donors (Lipinski definition) is 1. The maximum Gasteiger partial charge on any atom is 0.143 e. The summed E-state index contributed by atoms with van der Waals surface area (Å²) >= 11 is 5.70. The molecule has 0 radical (unpaired) electrons. The minimum absolute atomic E-state index is 0.0753. The van der Waals surface area contributed by atoms with Gasteiger partial charge in [0.1, 0.15) is 10.9 Å². The fraction of sp³-hybridized carbons (Fsp3) is 0.500. The number of carbonyl (C=O) groups is 1. The first-order chi connectivity index (χ1) is 8.11. The van der Waals surface area contributed by atoms with E-state index in [-0.39, 0.29) is 24.2 Å². The Hall–Kier alpha value is -0.970. The van der Waals surface area contributed by atoms with Crippen molar-refractivity contribution in [2.24, 2.45) is 0 Å². The number of pyridine rings is 1. The lowest BCUT2D eigenvalue weighted by molar-refractivity contribution is -0.131. The number of ether oxygens (including phenoxy) is 1. The standard InChI is InChI=1S/C12H14ClNO3/c1-17-11-5-9(15)8(4-10(11)16)7-2-3-12(13)14-6-7/h2-3,6,8,10-11,16H,4-5H2,1H3/t8-,10+,11+/m0/s1. The first-order valence-corrected chi connectivity index (χ1v) is 5.84. The molecule has 5 heteroatoms. The molecule has 1 aliphatic rings. The van der Waals surface area contributed by atoms with Crippen molar-refractivity contribution in [3.05, 3.63) is 29.0 Å². The number of nitrogens with zero attached hydrogens (tertiary/aromatic N) is 1. The van der Waals surface area contributed by atoms with Gasteiger partial charge in [-0.25, -0.2) is 4.98 Å². The van der Waals surface area contributed by atoms with Crippen LogP contribution in [0, 0.1) is 0 Å². The molecule has 0 saturated heterocycles. The molecule has 1 aromatic heterocycles. The van der Waals surface area contributed by atoms with E-state index in [2.05, 4.69) is 4.98 Å². The summed E-state index contributed by atoms with van der Waals surface area (Å²) in [5, 5.41) is 10.2. The van der Waals surface area contributed by atoms with Crippen LogP contribution in [-0.4, -0.2) is 35.2 Å². The van der Waals surface area contributed by atoms with Gasteiger partial charge in [-0.3, -0.25) is 4.79 Å². The highest BCUT2D eigenvalue weighted by Crippen LogP contribution is 2.31. The molecule has 1 heterocycles. The molecular weight excluding hydrogens is 242 g/mol. The zero-order valence-corrected chi connectivity index (χ0v) is 10.2. The van der Waals surface area contributed by atoms with E-state index in [1.54, 1.807) is 18.3 Å². The maximum absolute atomic E-state index is 11.9. The van der Waals surface area contributed by atoms with Gasteiger partial charge < -0.3 is 9.84 Å². The zero-order valence-electron chi connectivity index (χ0n) is 9.47. The Bertz CT molecular complexity index is 407. The van der Waals surface area contributed by atoms with Crippen LogP contribution < -0.4 is 0 Å². The monoisotopic (exact) mass is 255 g/mol. The number of hydrogen-bond acceptors (Lipinski definition) is 4. The number of aliphatic hydroxyl groups excluding tert-OH is 1. The number of carbonyl (C=O) groups excluding carboxylic acids is 1.